The van der Waals surface area contributed by atoms with Crippen LogP contribution in [0, 0.1) is 34.4 Å². The van der Waals surface area contributed by atoms with Gasteiger partial charge in [0, 0.05) is 42.5 Å². The number of hydrogen-bond acceptors (Lipinski definition) is 9. The first-order valence-corrected chi connectivity index (χ1v) is 17.6. The van der Waals surface area contributed by atoms with Gasteiger partial charge in [0.15, 0.2) is 6.29 Å². The SMILES string of the molecule is C[C@@H]1O[C@H](O[C@H]2CC[C@]3(C=NCCc4ccc(F)cc4)[C@H]4CC[C@]5(C)[C@@H](C6=CC(=O)OC6)CC[C@]5(O)[C@@H]4CC[C@]3(O)C2)C[C@@H](O)[C@H]1O. The van der Waals surface area contributed by atoms with Gasteiger partial charge in [0.1, 0.15) is 18.5 Å². The van der Waals surface area contributed by atoms with Crippen molar-refractivity contribution in [2.45, 2.75) is 126 Å². The second-order valence-corrected chi connectivity index (χ2v) is 15.6. The standard InChI is InChI=1S/C37H50FNO8/c1-22-33(42)30(40)18-32(46-22)47-26-7-13-35(21-39-16-11-23-3-5-25(38)6-4-23)28-8-12-34(2)27(24-17-31(41)45-20-24)10-15-37(34,44)29(28)9-14-36(35,43)19-26/h3-6,17,21-22,26-30,32-33,40,42-44H,7-16,18-20H2,1-2H3/t22-,26-,27+,28-,29+,30+,32+,33-,34+,35-,36-,37-/m0/s1. The predicted molar refractivity (Wildman–Crippen MR) is 171 cm³/mol. The van der Waals surface area contributed by atoms with Crippen LogP contribution in [0.15, 0.2) is 40.9 Å². The lowest BCUT2D eigenvalue weighted by Crippen LogP contribution is -2.69. The van der Waals surface area contributed by atoms with E-state index in [1.165, 1.54) is 12.1 Å². The van der Waals surface area contributed by atoms with E-state index in [2.05, 4.69) is 6.92 Å². The average molecular weight is 656 g/mol. The number of aliphatic hydroxyl groups excluding tert-OH is 2. The van der Waals surface area contributed by atoms with Gasteiger partial charge in [-0.1, -0.05) is 19.1 Å². The maximum atomic E-state index is 13.5. The highest BCUT2D eigenvalue weighted by Gasteiger charge is 2.71. The number of hydrogen-bond donors (Lipinski definition) is 4. The zero-order valence-corrected chi connectivity index (χ0v) is 27.5. The van der Waals surface area contributed by atoms with E-state index in [9.17, 15) is 29.6 Å². The van der Waals surface area contributed by atoms with E-state index in [4.69, 9.17) is 19.2 Å². The molecular weight excluding hydrogens is 605 g/mol. The van der Waals surface area contributed by atoms with Crippen LogP contribution >= 0.6 is 0 Å². The van der Waals surface area contributed by atoms with Crippen molar-refractivity contribution >= 4 is 12.2 Å². The van der Waals surface area contributed by atoms with Gasteiger partial charge in [0.2, 0.25) is 0 Å². The normalized spacial score (nSPS) is 46.4. The van der Waals surface area contributed by atoms with E-state index in [0.29, 0.717) is 58.1 Å². The van der Waals surface area contributed by atoms with E-state index in [-0.39, 0.29) is 42.1 Å². The van der Waals surface area contributed by atoms with Crippen molar-refractivity contribution in [2.24, 2.45) is 33.6 Å². The Morgan fingerprint density at radius 1 is 1.04 bits per heavy atom. The Balaban J connectivity index is 1.15. The molecule has 0 radical (unpaired) electrons. The first kappa shape index (κ1) is 33.3. The second-order valence-electron chi connectivity index (χ2n) is 15.6. The van der Waals surface area contributed by atoms with Crippen LogP contribution in [0.3, 0.4) is 0 Å². The number of fused-ring (bicyclic) bond motifs is 5. The Bertz CT molecular complexity index is 1390. The Morgan fingerprint density at radius 3 is 2.53 bits per heavy atom. The molecule has 7 rings (SSSR count). The number of rotatable bonds is 7. The number of ether oxygens (including phenoxy) is 3. The predicted octanol–water partition coefficient (Wildman–Crippen LogP) is 4.03. The van der Waals surface area contributed by atoms with Crippen molar-refractivity contribution in [1.82, 2.24) is 0 Å². The molecule has 258 valence electrons. The lowest BCUT2D eigenvalue weighted by Gasteiger charge is -2.66. The van der Waals surface area contributed by atoms with Gasteiger partial charge in [-0.3, -0.25) is 4.99 Å². The summed E-state index contributed by atoms with van der Waals surface area (Å²) in [6.45, 7) is 4.71. The topological polar surface area (TPSA) is 138 Å². The van der Waals surface area contributed by atoms with Crippen molar-refractivity contribution in [3.63, 3.8) is 0 Å². The summed E-state index contributed by atoms with van der Waals surface area (Å²) in [5.41, 5.74) is -1.15. The number of cyclic esters (lactones) is 1. The molecule has 1 aromatic carbocycles. The third kappa shape index (κ3) is 5.51. The molecule has 47 heavy (non-hydrogen) atoms. The molecule has 0 bridgehead atoms. The first-order chi connectivity index (χ1) is 22.4. The molecular formula is C37H50FNO8. The Hall–Kier alpha value is -2.21. The van der Waals surface area contributed by atoms with E-state index in [0.717, 1.165) is 30.4 Å². The number of esters is 1. The molecule has 1 aromatic rings. The van der Waals surface area contributed by atoms with E-state index in [1.54, 1.807) is 25.1 Å². The fraction of sp³-hybridized carbons (Fsp3) is 0.730. The fourth-order valence-corrected chi connectivity index (χ4v) is 10.9. The largest absolute Gasteiger partial charge is 0.458 e. The number of aliphatic hydroxyl groups is 4. The van der Waals surface area contributed by atoms with Crippen LogP contribution in [0.4, 0.5) is 4.39 Å². The first-order valence-electron chi connectivity index (χ1n) is 17.6. The van der Waals surface area contributed by atoms with Gasteiger partial charge < -0.3 is 34.6 Å². The summed E-state index contributed by atoms with van der Waals surface area (Å²) in [4.78, 5) is 16.9. The zero-order chi connectivity index (χ0) is 33.2. The third-order valence-electron chi connectivity index (χ3n) is 13.4. The average Bonchev–Trinajstić information content (AvgIpc) is 3.58. The highest BCUT2D eigenvalue weighted by atomic mass is 19.1. The zero-order valence-electron chi connectivity index (χ0n) is 27.5. The highest BCUT2D eigenvalue weighted by Crippen LogP contribution is 2.70. The van der Waals surface area contributed by atoms with Crippen molar-refractivity contribution in [1.29, 1.82) is 0 Å². The highest BCUT2D eigenvalue weighted by molar-refractivity contribution is 5.85. The van der Waals surface area contributed by atoms with Crippen molar-refractivity contribution in [3.05, 3.63) is 47.3 Å². The molecule has 2 heterocycles. The Kier molecular flexibility index (Phi) is 8.70. The van der Waals surface area contributed by atoms with Gasteiger partial charge in [-0.05, 0) is 106 Å². The molecule has 5 fully saturated rings. The molecule has 4 N–H and O–H groups in total. The van der Waals surface area contributed by atoms with Crippen molar-refractivity contribution < 1.29 is 43.8 Å². The van der Waals surface area contributed by atoms with E-state index >= 15 is 0 Å². The van der Waals surface area contributed by atoms with Gasteiger partial charge in [-0.25, -0.2) is 9.18 Å². The second kappa shape index (κ2) is 12.3. The molecule has 4 aliphatic carbocycles. The maximum absolute atomic E-state index is 13.5. The van der Waals surface area contributed by atoms with Gasteiger partial charge in [-0.15, -0.1) is 0 Å². The van der Waals surface area contributed by atoms with Gasteiger partial charge in [0.05, 0.1) is 29.5 Å². The minimum atomic E-state index is -1.12. The minimum Gasteiger partial charge on any atom is -0.458 e. The monoisotopic (exact) mass is 655 g/mol. The number of benzene rings is 1. The van der Waals surface area contributed by atoms with Gasteiger partial charge in [-0.2, -0.15) is 0 Å². The number of halogens is 1. The Morgan fingerprint density at radius 2 is 1.81 bits per heavy atom. The summed E-state index contributed by atoms with van der Waals surface area (Å²) in [6, 6.07) is 6.46. The summed E-state index contributed by atoms with van der Waals surface area (Å²) in [7, 11) is 0. The summed E-state index contributed by atoms with van der Waals surface area (Å²) >= 11 is 0. The molecule has 0 amide bonds. The van der Waals surface area contributed by atoms with Crippen LogP contribution in [0.1, 0.15) is 83.6 Å². The molecule has 12 atom stereocenters. The maximum Gasteiger partial charge on any atom is 0.331 e. The molecule has 0 aromatic heterocycles. The number of aliphatic imine (C=N–C) groups is 1. The van der Waals surface area contributed by atoms with Crippen molar-refractivity contribution in [2.75, 3.05) is 13.2 Å². The number of nitrogens with zero attached hydrogens (tertiary/aromatic N) is 1. The minimum absolute atomic E-state index is 0.00644. The van der Waals surface area contributed by atoms with Crippen LogP contribution in [0.25, 0.3) is 0 Å². The molecule has 6 aliphatic rings. The molecule has 10 heteroatoms. The number of carbonyl (C=O) groups is 1. The molecule has 0 unspecified atom stereocenters. The van der Waals surface area contributed by atoms with Crippen LogP contribution in [0.2, 0.25) is 0 Å². The molecule has 0 spiro atoms. The molecule has 1 saturated heterocycles. The lowest BCUT2D eigenvalue weighted by atomic mass is 9.41. The molecule has 4 saturated carbocycles. The summed E-state index contributed by atoms with van der Waals surface area (Å²) in [6.07, 6.45) is 6.93. The van der Waals surface area contributed by atoms with Crippen molar-refractivity contribution in [3.8, 4) is 0 Å². The van der Waals surface area contributed by atoms with Crippen LogP contribution in [-0.2, 0) is 25.4 Å². The molecule has 9 nitrogen and oxygen atoms in total. The summed E-state index contributed by atoms with van der Waals surface area (Å²) in [5.74, 6) is -0.523. The fourth-order valence-electron chi connectivity index (χ4n) is 10.9. The third-order valence-corrected chi connectivity index (χ3v) is 13.4. The quantitative estimate of drug-likeness (QED) is 0.196. The summed E-state index contributed by atoms with van der Waals surface area (Å²) in [5, 5.41) is 46.0. The molecule has 2 aliphatic heterocycles. The van der Waals surface area contributed by atoms with Crippen LogP contribution < -0.4 is 0 Å². The lowest BCUT2D eigenvalue weighted by molar-refractivity contribution is -0.282. The smallest absolute Gasteiger partial charge is 0.331 e. The van der Waals surface area contributed by atoms with Crippen LogP contribution in [-0.4, -0.2) is 87.7 Å². The van der Waals surface area contributed by atoms with Gasteiger partial charge >= 0.3 is 5.97 Å². The number of carbonyl (C=O) groups excluding carboxylic acids is 1. The van der Waals surface area contributed by atoms with E-state index in [1.807, 2.05) is 6.21 Å². The van der Waals surface area contributed by atoms with Gasteiger partial charge in [0.25, 0.3) is 0 Å². The Labute approximate surface area is 276 Å². The van der Waals surface area contributed by atoms with Crippen LogP contribution in [0.5, 0.6) is 0 Å². The van der Waals surface area contributed by atoms with E-state index < -0.39 is 46.6 Å². The summed E-state index contributed by atoms with van der Waals surface area (Å²) < 4.78 is 31.0.